The Balaban J connectivity index is 1.75. The van der Waals surface area contributed by atoms with E-state index in [-0.39, 0.29) is 19.1 Å². The lowest BCUT2D eigenvalue weighted by Crippen LogP contribution is -2.37. The highest BCUT2D eigenvalue weighted by Gasteiger charge is 2.23. The first-order valence-electron chi connectivity index (χ1n) is 9.66. The summed E-state index contributed by atoms with van der Waals surface area (Å²) in [5, 5.41) is 9.20. The summed E-state index contributed by atoms with van der Waals surface area (Å²) in [6, 6.07) is 7.65. The largest absolute Gasteiger partial charge is 0.462 e. The molecular weight excluding hydrogens is 396 g/mol. The van der Waals surface area contributed by atoms with Crippen LogP contribution in [0.1, 0.15) is 49.4 Å². The predicted molar refractivity (Wildman–Crippen MR) is 114 cm³/mol. The maximum atomic E-state index is 12.6. The summed E-state index contributed by atoms with van der Waals surface area (Å²) in [6.45, 7) is 2.27. The van der Waals surface area contributed by atoms with Gasteiger partial charge in [0, 0.05) is 22.0 Å². The Bertz CT molecular complexity index is 814. The number of rotatable bonds is 7. The van der Waals surface area contributed by atoms with Crippen LogP contribution in [0.2, 0.25) is 5.02 Å². The van der Waals surface area contributed by atoms with Gasteiger partial charge in [0.05, 0.1) is 13.2 Å². The maximum absolute atomic E-state index is 12.6. The van der Waals surface area contributed by atoms with Crippen LogP contribution in [0.15, 0.2) is 29.6 Å². The number of benzene rings is 1. The van der Waals surface area contributed by atoms with Crippen LogP contribution in [0.3, 0.4) is 0 Å². The molecule has 0 aliphatic heterocycles. The fourth-order valence-electron chi connectivity index (χ4n) is 3.41. The first kappa shape index (κ1) is 20.8. The minimum absolute atomic E-state index is 0.152. The van der Waals surface area contributed by atoms with Crippen LogP contribution in [0, 0.1) is 0 Å². The van der Waals surface area contributed by atoms with E-state index in [1.165, 1.54) is 30.6 Å². The Morgan fingerprint density at radius 2 is 1.89 bits per heavy atom. The van der Waals surface area contributed by atoms with Gasteiger partial charge in [-0.3, -0.25) is 4.79 Å². The number of nitrogens with one attached hydrogen (secondary N) is 2. The average molecular weight is 421 g/mol. The summed E-state index contributed by atoms with van der Waals surface area (Å²) in [7, 11) is 0. The standard InChI is InChI=1S/C21H25ClN2O3S/c1-2-27-21(26)19-17(14-8-10-15(22)11-9-14)13-28-20(19)24-18(25)12-23-16-6-4-3-5-7-16/h8-11,13,16,23H,2-7,12H2,1H3,(H,24,25). The average Bonchev–Trinajstić information content (AvgIpc) is 3.11. The Morgan fingerprint density at radius 3 is 2.57 bits per heavy atom. The molecule has 2 N–H and O–H groups in total. The molecule has 3 rings (SSSR count). The molecule has 1 fully saturated rings. The van der Waals surface area contributed by atoms with Crippen LogP contribution >= 0.6 is 22.9 Å². The van der Waals surface area contributed by atoms with Crippen molar-refractivity contribution in [3.8, 4) is 11.1 Å². The van der Waals surface area contributed by atoms with E-state index < -0.39 is 5.97 Å². The molecule has 0 radical (unpaired) electrons. The molecule has 1 amide bonds. The maximum Gasteiger partial charge on any atom is 0.341 e. The number of hydrogen-bond donors (Lipinski definition) is 2. The van der Waals surface area contributed by atoms with Gasteiger partial charge in [-0.25, -0.2) is 4.79 Å². The minimum Gasteiger partial charge on any atom is -0.462 e. The molecule has 5 nitrogen and oxygen atoms in total. The molecule has 0 saturated heterocycles. The van der Waals surface area contributed by atoms with Gasteiger partial charge in [-0.1, -0.05) is 43.0 Å². The number of carbonyl (C=O) groups is 2. The highest BCUT2D eigenvalue weighted by molar-refractivity contribution is 7.15. The van der Waals surface area contributed by atoms with Crippen LogP contribution < -0.4 is 10.6 Å². The van der Waals surface area contributed by atoms with E-state index >= 15 is 0 Å². The van der Waals surface area contributed by atoms with Crippen LogP contribution in [-0.4, -0.2) is 31.1 Å². The Hall–Kier alpha value is -1.89. The third-order valence-corrected chi connectivity index (χ3v) is 5.98. The van der Waals surface area contributed by atoms with Crippen LogP contribution in [0.25, 0.3) is 11.1 Å². The second-order valence-corrected chi connectivity index (χ2v) is 8.16. The summed E-state index contributed by atoms with van der Waals surface area (Å²) < 4.78 is 5.22. The fraction of sp³-hybridized carbons (Fsp3) is 0.429. The van der Waals surface area contributed by atoms with Gasteiger partial charge in [-0.05, 0) is 37.5 Å². The fourth-order valence-corrected chi connectivity index (χ4v) is 4.51. The van der Waals surface area contributed by atoms with Gasteiger partial charge in [-0.2, -0.15) is 0 Å². The van der Waals surface area contributed by atoms with E-state index in [4.69, 9.17) is 16.3 Å². The van der Waals surface area contributed by atoms with Crippen molar-refractivity contribution in [2.75, 3.05) is 18.5 Å². The highest BCUT2D eigenvalue weighted by atomic mass is 35.5. The second kappa shape index (κ2) is 10.0. The molecule has 0 bridgehead atoms. The van der Waals surface area contributed by atoms with Crippen molar-refractivity contribution in [1.29, 1.82) is 0 Å². The van der Waals surface area contributed by atoms with Gasteiger partial charge in [0.1, 0.15) is 10.6 Å². The molecule has 0 spiro atoms. The van der Waals surface area contributed by atoms with Crippen molar-refractivity contribution in [1.82, 2.24) is 5.32 Å². The topological polar surface area (TPSA) is 67.4 Å². The van der Waals surface area contributed by atoms with Crippen LogP contribution in [0.4, 0.5) is 5.00 Å². The van der Waals surface area contributed by atoms with E-state index in [2.05, 4.69) is 10.6 Å². The van der Waals surface area contributed by atoms with E-state index in [1.807, 2.05) is 17.5 Å². The minimum atomic E-state index is -0.441. The molecule has 1 heterocycles. The molecule has 28 heavy (non-hydrogen) atoms. The molecule has 150 valence electrons. The first-order chi connectivity index (χ1) is 13.6. The summed E-state index contributed by atoms with van der Waals surface area (Å²) in [4.78, 5) is 25.0. The third kappa shape index (κ3) is 5.34. The lowest BCUT2D eigenvalue weighted by atomic mass is 9.95. The molecule has 7 heteroatoms. The van der Waals surface area contributed by atoms with Gasteiger partial charge in [0.15, 0.2) is 0 Å². The molecule has 0 unspecified atom stereocenters. The normalized spacial score (nSPS) is 14.6. The Labute approximate surface area is 174 Å². The third-order valence-electron chi connectivity index (χ3n) is 4.84. The molecule has 0 atom stereocenters. The van der Waals surface area contributed by atoms with Gasteiger partial charge in [-0.15, -0.1) is 11.3 Å². The number of ether oxygens (including phenoxy) is 1. The molecule has 1 aliphatic carbocycles. The highest BCUT2D eigenvalue weighted by Crippen LogP contribution is 2.36. The molecular formula is C21H25ClN2O3S. The van der Waals surface area contributed by atoms with Crippen molar-refractivity contribution in [2.24, 2.45) is 0 Å². The SMILES string of the molecule is CCOC(=O)c1c(-c2ccc(Cl)cc2)csc1NC(=O)CNC1CCCCC1. The summed E-state index contributed by atoms with van der Waals surface area (Å²) in [5.74, 6) is -0.593. The summed E-state index contributed by atoms with van der Waals surface area (Å²) >= 11 is 7.30. The van der Waals surface area contributed by atoms with Crippen molar-refractivity contribution in [3.05, 3.63) is 40.2 Å². The lowest BCUT2D eigenvalue weighted by molar-refractivity contribution is -0.115. The van der Waals surface area contributed by atoms with Gasteiger partial charge < -0.3 is 15.4 Å². The zero-order valence-electron chi connectivity index (χ0n) is 15.9. The quantitative estimate of drug-likeness (QED) is 0.611. The molecule has 1 aliphatic rings. The summed E-state index contributed by atoms with van der Waals surface area (Å²) in [6.07, 6.45) is 5.92. The van der Waals surface area contributed by atoms with Gasteiger partial charge >= 0.3 is 5.97 Å². The number of esters is 1. The van der Waals surface area contributed by atoms with E-state index in [9.17, 15) is 9.59 Å². The van der Waals surface area contributed by atoms with Gasteiger partial charge in [0.25, 0.3) is 0 Å². The summed E-state index contributed by atoms with van der Waals surface area (Å²) in [5.41, 5.74) is 1.97. The van der Waals surface area contributed by atoms with E-state index in [1.54, 1.807) is 19.1 Å². The van der Waals surface area contributed by atoms with Crippen molar-refractivity contribution in [3.63, 3.8) is 0 Å². The number of amides is 1. The Kier molecular flexibility index (Phi) is 7.48. The van der Waals surface area contributed by atoms with Crippen LogP contribution in [0.5, 0.6) is 0 Å². The zero-order valence-corrected chi connectivity index (χ0v) is 17.5. The van der Waals surface area contributed by atoms with Crippen molar-refractivity contribution >= 4 is 39.8 Å². The zero-order chi connectivity index (χ0) is 19.9. The van der Waals surface area contributed by atoms with Crippen molar-refractivity contribution < 1.29 is 14.3 Å². The molecule has 2 aromatic rings. The van der Waals surface area contributed by atoms with Gasteiger partial charge in [0.2, 0.25) is 5.91 Å². The predicted octanol–water partition coefficient (Wildman–Crippen LogP) is 5.11. The van der Waals surface area contributed by atoms with E-state index in [0.29, 0.717) is 21.6 Å². The number of anilines is 1. The molecule has 1 saturated carbocycles. The van der Waals surface area contributed by atoms with Crippen LogP contribution in [-0.2, 0) is 9.53 Å². The lowest BCUT2D eigenvalue weighted by Gasteiger charge is -2.22. The van der Waals surface area contributed by atoms with E-state index in [0.717, 1.165) is 24.0 Å². The second-order valence-electron chi connectivity index (χ2n) is 6.84. The number of hydrogen-bond acceptors (Lipinski definition) is 5. The Morgan fingerprint density at radius 1 is 1.18 bits per heavy atom. The molecule has 1 aromatic heterocycles. The molecule has 1 aromatic carbocycles. The monoisotopic (exact) mass is 420 g/mol. The number of carbonyl (C=O) groups excluding carboxylic acids is 2. The first-order valence-corrected chi connectivity index (χ1v) is 10.9. The smallest absolute Gasteiger partial charge is 0.341 e. The number of thiophene rings is 1. The number of halogens is 1. The van der Waals surface area contributed by atoms with Crippen molar-refractivity contribution in [2.45, 2.75) is 45.1 Å².